The Morgan fingerprint density at radius 2 is 2.00 bits per heavy atom. The number of fused-ring (bicyclic) bond motifs is 1. The van der Waals surface area contributed by atoms with Crippen molar-refractivity contribution in [1.82, 2.24) is 9.97 Å². The van der Waals surface area contributed by atoms with Gasteiger partial charge in [-0.2, -0.15) is 0 Å². The molecule has 0 radical (unpaired) electrons. The van der Waals surface area contributed by atoms with Crippen molar-refractivity contribution in [3.05, 3.63) is 57.8 Å². The molecule has 1 N–H and O–H groups in total. The standard InChI is InChI=1S/C15H8BrClN2O2/c16-14-4-1-8(7-18-14)12-6-11(15(20)21)10-3-2-9(17)5-13(10)19-12/h1-7H,(H,20,21). The number of pyridine rings is 2. The Morgan fingerprint density at radius 1 is 1.19 bits per heavy atom. The van der Waals surface area contributed by atoms with Crippen LogP contribution in [0.1, 0.15) is 10.4 Å². The summed E-state index contributed by atoms with van der Waals surface area (Å²) in [4.78, 5) is 20.1. The molecule has 2 aromatic heterocycles. The lowest BCUT2D eigenvalue weighted by atomic mass is 10.1. The zero-order chi connectivity index (χ0) is 15.0. The smallest absolute Gasteiger partial charge is 0.336 e. The van der Waals surface area contributed by atoms with Crippen molar-refractivity contribution in [2.75, 3.05) is 0 Å². The summed E-state index contributed by atoms with van der Waals surface area (Å²) in [5, 5.41) is 10.5. The van der Waals surface area contributed by atoms with Gasteiger partial charge in [0.1, 0.15) is 4.60 Å². The Hall–Kier alpha value is -1.98. The first-order valence-corrected chi connectivity index (χ1v) is 7.17. The lowest BCUT2D eigenvalue weighted by molar-refractivity contribution is 0.0699. The van der Waals surface area contributed by atoms with Gasteiger partial charge in [0.15, 0.2) is 0 Å². The Morgan fingerprint density at radius 3 is 2.67 bits per heavy atom. The highest BCUT2D eigenvalue weighted by molar-refractivity contribution is 9.10. The minimum atomic E-state index is -1.00. The van der Waals surface area contributed by atoms with Crippen LogP contribution in [0.3, 0.4) is 0 Å². The van der Waals surface area contributed by atoms with Crippen molar-refractivity contribution < 1.29 is 9.90 Å². The summed E-state index contributed by atoms with van der Waals surface area (Å²) in [6.07, 6.45) is 1.63. The monoisotopic (exact) mass is 362 g/mol. The van der Waals surface area contributed by atoms with Crippen molar-refractivity contribution in [3.63, 3.8) is 0 Å². The molecule has 4 nitrogen and oxygen atoms in total. The fraction of sp³-hybridized carbons (Fsp3) is 0. The molecule has 1 aromatic carbocycles. The maximum atomic E-state index is 11.5. The molecule has 0 unspecified atom stereocenters. The van der Waals surface area contributed by atoms with E-state index in [1.807, 2.05) is 6.07 Å². The van der Waals surface area contributed by atoms with Gasteiger partial charge in [-0.15, -0.1) is 0 Å². The van der Waals surface area contributed by atoms with Crippen LogP contribution in [0.25, 0.3) is 22.2 Å². The first-order valence-electron chi connectivity index (χ1n) is 6.00. The van der Waals surface area contributed by atoms with Gasteiger partial charge < -0.3 is 5.11 Å². The number of hydrogen-bond donors (Lipinski definition) is 1. The van der Waals surface area contributed by atoms with Gasteiger partial charge in [-0.1, -0.05) is 17.7 Å². The fourth-order valence-corrected chi connectivity index (χ4v) is 2.45. The topological polar surface area (TPSA) is 63.1 Å². The summed E-state index contributed by atoms with van der Waals surface area (Å²) >= 11 is 9.23. The molecule has 0 fully saturated rings. The van der Waals surface area contributed by atoms with Gasteiger partial charge in [0, 0.05) is 22.2 Å². The Labute approximate surface area is 133 Å². The lowest BCUT2D eigenvalue weighted by Crippen LogP contribution is -2.00. The zero-order valence-corrected chi connectivity index (χ0v) is 12.9. The summed E-state index contributed by atoms with van der Waals surface area (Å²) in [5.41, 5.74) is 2.01. The number of carbonyl (C=O) groups is 1. The molecule has 0 bridgehead atoms. The number of hydrogen-bond acceptors (Lipinski definition) is 3. The van der Waals surface area contributed by atoms with Gasteiger partial charge in [-0.05, 0) is 46.3 Å². The molecule has 0 aliphatic carbocycles. The molecular weight excluding hydrogens is 356 g/mol. The molecule has 0 aliphatic heterocycles. The quantitative estimate of drug-likeness (QED) is 0.685. The summed E-state index contributed by atoms with van der Waals surface area (Å²) in [5.74, 6) is -1.00. The van der Waals surface area contributed by atoms with E-state index in [0.717, 1.165) is 5.56 Å². The third-order valence-corrected chi connectivity index (χ3v) is 3.73. The van der Waals surface area contributed by atoms with E-state index in [2.05, 4.69) is 25.9 Å². The van der Waals surface area contributed by atoms with E-state index in [4.69, 9.17) is 11.6 Å². The first-order chi connectivity index (χ1) is 10.0. The number of aromatic carboxylic acids is 1. The van der Waals surface area contributed by atoms with Gasteiger partial charge >= 0.3 is 5.97 Å². The largest absolute Gasteiger partial charge is 0.478 e. The lowest BCUT2D eigenvalue weighted by Gasteiger charge is -2.07. The number of nitrogens with zero attached hydrogens (tertiary/aromatic N) is 2. The summed E-state index contributed by atoms with van der Waals surface area (Å²) in [7, 11) is 0. The molecule has 3 aromatic rings. The fourth-order valence-electron chi connectivity index (χ4n) is 2.05. The number of aromatic nitrogens is 2. The van der Waals surface area contributed by atoms with Crippen molar-refractivity contribution in [1.29, 1.82) is 0 Å². The van der Waals surface area contributed by atoms with Crippen LogP contribution < -0.4 is 0 Å². The maximum Gasteiger partial charge on any atom is 0.336 e. The van der Waals surface area contributed by atoms with E-state index in [0.29, 0.717) is 26.2 Å². The molecule has 0 saturated heterocycles. The average Bonchev–Trinajstić information content (AvgIpc) is 2.46. The van der Waals surface area contributed by atoms with E-state index in [1.165, 1.54) is 0 Å². The van der Waals surface area contributed by atoms with Crippen LogP contribution in [0.4, 0.5) is 0 Å². The van der Waals surface area contributed by atoms with Crippen LogP contribution in [0.15, 0.2) is 47.2 Å². The normalized spacial score (nSPS) is 10.8. The van der Waals surface area contributed by atoms with E-state index in [9.17, 15) is 9.90 Å². The summed E-state index contributed by atoms with van der Waals surface area (Å²) < 4.78 is 0.702. The van der Waals surface area contributed by atoms with Crippen LogP contribution in [-0.4, -0.2) is 21.0 Å². The highest BCUT2D eigenvalue weighted by Gasteiger charge is 2.13. The molecule has 0 amide bonds. The van der Waals surface area contributed by atoms with Crippen LogP contribution in [0, 0.1) is 0 Å². The van der Waals surface area contributed by atoms with Crippen LogP contribution in [-0.2, 0) is 0 Å². The second-order valence-corrected chi connectivity index (χ2v) is 5.64. The second-order valence-electron chi connectivity index (χ2n) is 4.39. The van der Waals surface area contributed by atoms with Gasteiger partial charge in [-0.3, -0.25) is 0 Å². The minimum Gasteiger partial charge on any atom is -0.478 e. The second kappa shape index (κ2) is 5.42. The SMILES string of the molecule is O=C(O)c1cc(-c2ccc(Br)nc2)nc2cc(Cl)ccc12. The average molecular weight is 364 g/mol. The number of benzene rings is 1. The molecule has 104 valence electrons. The summed E-state index contributed by atoms with van der Waals surface area (Å²) in [6, 6.07) is 10.1. The predicted octanol–water partition coefficient (Wildman–Crippen LogP) is 4.41. The summed E-state index contributed by atoms with van der Waals surface area (Å²) in [6.45, 7) is 0. The number of halogens is 2. The molecule has 0 saturated carbocycles. The minimum absolute atomic E-state index is 0.189. The van der Waals surface area contributed by atoms with Gasteiger partial charge in [0.2, 0.25) is 0 Å². The van der Waals surface area contributed by atoms with Gasteiger partial charge in [0.05, 0.1) is 16.8 Å². The van der Waals surface area contributed by atoms with E-state index in [1.54, 1.807) is 36.5 Å². The van der Waals surface area contributed by atoms with Crippen molar-refractivity contribution in [3.8, 4) is 11.3 Å². The molecule has 6 heteroatoms. The maximum absolute atomic E-state index is 11.5. The van der Waals surface area contributed by atoms with Gasteiger partial charge in [0.25, 0.3) is 0 Å². The van der Waals surface area contributed by atoms with Crippen LogP contribution in [0.2, 0.25) is 5.02 Å². The number of carboxylic acid groups (broad SMARTS) is 1. The van der Waals surface area contributed by atoms with E-state index >= 15 is 0 Å². The molecule has 3 rings (SSSR count). The molecular formula is C15H8BrClN2O2. The third-order valence-electron chi connectivity index (χ3n) is 3.03. The van der Waals surface area contributed by atoms with Crippen LogP contribution >= 0.6 is 27.5 Å². The number of rotatable bonds is 2. The highest BCUT2D eigenvalue weighted by Crippen LogP contribution is 2.27. The molecule has 2 heterocycles. The van der Waals surface area contributed by atoms with E-state index < -0.39 is 5.97 Å². The first kappa shape index (κ1) is 14.0. The van der Waals surface area contributed by atoms with Crippen LogP contribution in [0.5, 0.6) is 0 Å². The van der Waals surface area contributed by atoms with Crippen molar-refractivity contribution >= 4 is 44.4 Å². The van der Waals surface area contributed by atoms with Crippen molar-refractivity contribution in [2.24, 2.45) is 0 Å². The highest BCUT2D eigenvalue weighted by atomic mass is 79.9. The number of carboxylic acids is 1. The predicted molar refractivity (Wildman–Crippen MR) is 84.6 cm³/mol. The van der Waals surface area contributed by atoms with Gasteiger partial charge in [-0.25, -0.2) is 14.8 Å². The Kier molecular flexibility index (Phi) is 3.61. The third kappa shape index (κ3) is 2.75. The zero-order valence-electron chi connectivity index (χ0n) is 10.5. The molecule has 0 atom stereocenters. The van der Waals surface area contributed by atoms with Crippen molar-refractivity contribution in [2.45, 2.75) is 0 Å². The molecule has 0 spiro atoms. The molecule has 21 heavy (non-hydrogen) atoms. The van der Waals surface area contributed by atoms with E-state index in [-0.39, 0.29) is 5.56 Å². The molecule has 0 aliphatic rings. The Balaban J connectivity index is 2.29. The Bertz CT molecular complexity index is 850.